The molecule has 0 aliphatic carbocycles. The second-order valence-electron chi connectivity index (χ2n) is 3.97. The molecule has 0 aromatic rings. The summed E-state index contributed by atoms with van der Waals surface area (Å²) in [4.78, 5) is 10.8. The van der Waals surface area contributed by atoms with Crippen LogP contribution in [-0.2, 0) is 4.79 Å². The van der Waals surface area contributed by atoms with Crippen molar-refractivity contribution in [1.82, 2.24) is 0 Å². The van der Waals surface area contributed by atoms with Crippen LogP contribution >= 0.6 is 0 Å². The van der Waals surface area contributed by atoms with Crippen LogP contribution in [0.3, 0.4) is 0 Å². The number of rotatable bonds is 8. The van der Waals surface area contributed by atoms with E-state index in [2.05, 4.69) is 6.92 Å². The van der Waals surface area contributed by atoms with E-state index >= 15 is 0 Å². The first-order chi connectivity index (χ1) is 6.57. The Morgan fingerprint density at radius 3 is 2.36 bits per heavy atom. The van der Waals surface area contributed by atoms with Crippen molar-refractivity contribution in [3.8, 4) is 0 Å². The molecule has 3 heteroatoms. The fourth-order valence-corrected chi connectivity index (χ4v) is 1.57. The molecule has 0 bridgehead atoms. The molecule has 0 fully saturated rings. The van der Waals surface area contributed by atoms with Crippen molar-refractivity contribution in [2.75, 3.05) is 0 Å². The van der Waals surface area contributed by atoms with Gasteiger partial charge in [-0.2, -0.15) is 0 Å². The predicted octanol–water partition coefficient (Wildman–Crippen LogP) is 2.43. The summed E-state index contributed by atoms with van der Waals surface area (Å²) in [6.07, 6.45) is 4.94. The van der Waals surface area contributed by atoms with E-state index in [1.165, 1.54) is 6.42 Å². The number of carboxylic acid groups (broad SMARTS) is 1. The molecule has 2 unspecified atom stereocenters. The first-order valence-electron chi connectivity index (χ1n) is 5.48. The third-order valence-corrected chi connectivity index (χ3v) is 2.38. The molecule has 3 nitrogen and oxygen atoms in total. The van der Waals surface area contributed by atoms with Gasteiger partial charge in [-0.3, -0.25) is 4.79 Å². The van der Waals surface area contributed by atoms with Gasteiger partial charge in [0.15, 0.2) is 0 Å². The molecule has 0 spiro atoms. The maximum atomic E-state index is 10.8. The lowest BCUT2D eigenvalue weighted by molar-refractivity contribution is -0.143. The number of unbranched alkanes of at least 4 members (excludes halogenated alkanes) is 3. The third-order valence-electron chi connectivity index (χ3n) is 2.38. The standard InChI is InChI=1S/C11H22O3/c1-3-4-5-6-7-10(11(13)14)8-9(2)12/h9-10,12H,3-8H2,1-2H3,(H,13,14). The zero-order chi connectivity index (χ0) is 11.0. The van der Waals surface area contributed by atoms with E-state index in [0.29, 0.717) is 12.8 Å². The smallest absolute Gasteiger partial charge is 0.306 e. The maximum absolute atomic E-state index is 10.8. The van der Waals surface area contributed by atoms with Crippen molar-refractivity contribution in [3.05, 3.63) is 0 Å². The molecule has 0 aromatic heterocycles. The lowest BCUT2D eigenvalue weighted by Gasteiger charge is -2.13. The van der Waals surface area contributed by atoms with Gasteiger partial charge in [-0.25, -0.2) is 0 Å². The first kappa shape index (κ1) is 13.4. The number of aliphatic carboxylic acids is 1. The van der Waals surface area contributed by atoms with E-state index < -0.39 is 12.1 Å². The van der Waals surface area contributed by atoms with Crippen LogP contribution in [0.4, 0.5) is 0 Å². The third kappa shape index (κ3) is 6.89. The highest BCUT2D eigenvalue weighted by Crippen LogP contribution is 2.16. The normalized spacial score (nSPS) is 15.1. The Kier molecular flexibility index (Phi) is 7.48. The molecule has 0 saturated carbocycles. The van der Waals surface area contributed by atoms with Crippen LogP contribution in [0.5, 0.6) is 0 Å². The van der Waals surface area contributed by atoms with E-state index in [-0.39, 0.29) is 5.92 Å². The van der Waals surface area contributed by atoms with Crippen molar-refractivity contribution >= 4 is 5.97 Å². The first-order valence-corrected chi connectivity index (χ1v) is 5.48. The molecule has 84 valence electrons. The van der Waals surface area contributed by atoms with Gasteiger partial charge >= 0.3 is 5.97 Å². The molecule has 0 aliphatic rings. The molecule has 2 atom stereocenters. The van der Waals surface area contributed by atoms with Gasteiger partial charge in [0.05, 0.1) is 12.0 Å². The van der Waals surface area contributed by atoms with Gasteiger partial charge in [-0.15, -0.1) is 0 Å². The second-order valence-corrected chi connectivity index (χ2v) is 3.97. The summed E-state index contributed by atoms with van der Waals surface area (Å²) in [7, 11) is 0. The van der Waals surface area contributed by atoms with Gasteiger partial charge in [0, 0.05) is 0 Å². The van der Waals surface area contributed by atoms with Crippen LogP contribution < -0.4 is 0 Å². The predicted molar refractivity (Wildman–Crippen MR) is 56.2 cm³/mol. The molecule has 0 rings (SSSR count). The van der Waals surface area contributed by atoms with E-state index in [4.69, 9.17) is 10.2 Å². The topological polar surface area (TPSA) is 57.5 Å². The molecule has 2 N–H and O–H groups in total. The van der Waals surface area contributed by atoms with Crippen LogP contribution in [0.15, 0.2) is 0 Å². The number of hydrogen-bond donors (Lipinski definition) is 2. The average Bonchev–Trinajstić information content (AvgIpc) is 2.09. The summed E-state index contributed by atoms with van der Waals surface area (Å²) in [6, 6.07) is 0. The van der Waals surface area contributed by atoms with E-state index in [1.807, 2.05) is 0 Å². The van der Waals surface area contributed by atoms with Crippen LogP contribution in [0.25, 0.3) is 0 Å². The lowest BCUT2D eigenvalue weighted by atomic mass is 9.95. The summed E-state index contributed by atoms with van der Waals surface area (Å²) in [6.45, 7) is 3.77. The monoisotopic (exact) mass is 202 g/mol. The zero-order valence-electron chi connectivity index (χ0n) is 9.20. The quantitative estimate of drug-likeness (QED) is 0.594. The maximum Gasteiger partial charge on any atom is 0.306 e. The Balaban J connectivity index is 3.68. The fourth-order valence-electron chi connectivity index (χ4n) is 1.57. The second kappa shape index (κ2) is 7.80. The minimum Gasteiger partial charge on any atom is -0.481 e. The molecule has 0 aliphatic heterocycles. The van der Waals surface area contributed by atoms with Crippen molar-refractivity contribution in [3.63, 3.8) is 0 Å². The Hall–Kier alpha value is -0.570. The van der Waals surface area contributed by atoms with Crippen LogP contribution in [0.1, 0.15) is 52.4 Å². The SMILES string of the molecule is CCCCCCC(CC(C)O)C(=O)O. The van der Waals surface area contributed by atoms with Crippen LogP contribution in [0.2, 0.25) is 0 Å². The Labute approximate surface area is 86.1 Å². The molecule has 0 heterocycles. The Bertz CT molecular complexity index is 155. The van der Waals surface area contributed by atoms with Gasteiger partial charge in [-0.05, 0) is 19.8 Å². The number of carbonyl (C=O) groups is 1. The summed E-state index contributed by atoms with van der Waals surface area (Å²) in [5.41, 5.74) is 0. The highest BCUT2D eigenvalue weighted by molar-refractivity contribution is 5.69. The number of hydrogen-bond acceptors (Lipinski definition) is 2. The van der Waals surface area contributed by atoms with Gasteiger partial charge in [0.2, 0.25) is 0 Å². The van der Waals surface area contributed by atoms with Crippen molar-refractivity contribution in [2.24, 2.45) is 5.92 Å². The highest BCUT2D eigenvalue weighted by atomic mass is 16.4. The molecule has 0 radical (unpaired) electrons. The molecule has 0 aromatic carbocycles. The summed E-state index contributed by atoms with van der Waals surface area (Å²) in [5.74, 6) is -1.14. The van der Waals surface area contributed by atoms with Gasteiger partial charge in [0.25, 0.3) is 0 Å². The van der Waals surface area contributed by atoms with Gasteiger partial charge in [0.1, 0.15) is 0 Å². The average molecular weight is 202 g/mol. The number of aliphatic hydroxyl groups is 1. The van der Waals surface area contributed by atoms with E-state index in [1.54, 1.807) is 6.92 Å². The fraction of sp³-hybridized carbons (Fsp3) is 0.909. The molecule has 14 heavy (non-hydrogen) atoms. The van der Waals surface area contributed by atoms with Crippen LogP contribution in [0, 0.1) is 5.92 Å². The van der Waals surface area contributed by atoms with Gasteiger partial charge < -0.3 is 10.2 Å². The number of aliphatic hydroxyl groups excluding tert-OH is 1. The molecular weight excluding hydrogens is 180 g/mol. The van der Waals surface area contributed by atoms with E-state index in [0.717, 1.165) is 19.3 Å². The minimum absolute atomic E-state index is 0.369. The summed E-state index contributed by atoms with van der Waals surface area (Å²) < 4.78 is 0. The van der Waals surface area contributed by atoms with Gasteiger partial charge in [-0.1, -0.05) is 32.6 Å². The van der Waals surface area contributed by atoms with Crippen LogP contribution in [-0.4, -0.2) is 22.3 Å². The zero-order valence-corrected chi connectivity index (χ0v) is 9.20. The minimum atomic E-state index is -0.776. The van der Waals surface area contributed by atoms with Crippen molar-refractivity contribution < 1.29 is 15.0 Å². The molecule has 0 amide bonds. The number of carboxylic acids is 1. The van der Waals surface area contributed by atoms with Crippen molar-refractivity contribution in [1.29, 1.82) is 0 Å². The Morgan fingerprint density at radius 2 is 1.93 bits per heavy atom. The Morgan fingerprint density at radius 1 is 1.29 bits per heavy atom. The van der Waals surface area contributed by atoms with Crippen molar-refractivity contribution in [2.45, 2.75) is 58.5 Å². The molecular formula is C11H22O3. The lowest BCUT2D eigenvalue weighted by Crippen LogP contribution is -2.19. The highest BCUT2D eigenvalue weighted by Gasteiger charge is 2.18. The van der Waals surface area contributed by atoms with E-state index in [9.17, 15) is 4.79 Å². The molecule has 0 saturated heterocycles. The largest absolute Gasteiger partial charge is 0.481 e. The summed E-state index contributed by atoms with van der Waals surface area (Å²) >= 11 is 0. The summed E-state index contributed by atoms with van der Waals surface area (Å²) in [5, 5.41) is 18.0.